The third-order valence-corrected chi connectivity index (χ3v) is 3.37. The van der Waals surface area contributed by atoms with Gasteiger partial charge >= 0.3 is 0 Å². The molecule has 2 rings (SSSR count). The van der Waals surface area contributed by atoms with E-state index in [4.69, 9.17) is 0 Å². The molecule has 1 aliphatic rings. The van der Waals surface area contributed by atoms with Gasteiger partial charge in [-0.15, -0.1) is 17.9 Å². The molecule has 3 heteroatoms. The van der Waals surface area contributed by atoms with E-state index in [1.165, 1.54) is 4.88 Å². The van der Waals surface area contributed by atoms with E-state index in [-0.39, 0.29) is 5.91 Å². The van der Waals surface area contributed by atoms with Gasteiger partial charge in [-0.05, 0) is 11.4 Å². The molecule has 1 amide bonds. The molecule has 14 heavy (non-hydrogen) atoms. The van der Waals surface area contributed by atoms with Gasteiger partial charge in [-0.3, -0.25) is 4.79 Å². The van der Waals surface area contributed by atoms with Crippen molar-refractivity contribution in [2.75, 3.05) is 6.54 Å². The summed E-state index contributed by atoms with van der Waals surface area (Å²) in [4.78, 5) is 14.7. The molecule has 0 aliphatic carbocycles. The van der Waals surface area contributed by atoms with Gasteiger partial charge in [0.05, 0.1) is 6.54 Å². The molecule has 0 bridgehead atoms. The van der Waals surface area contributed by atoms with Crippen molar-refractivity contribution in [3.05, 3.63) is 35.0 Å². The highest BCUT2D eigenvalue weighted by atomic mass is 32.1. The third-order valence-electron chi connectivity index (χ3n) is 2.50. The van der Waals surface area contributed by atoms with Gasteiger partial charge in [0.2, 0.25) is 5.91 Å². The molecule has 1 aromatic heterocycles. The molecule has 0 spiro atoms. The first kappa shape index (κ1) is 9.46. The number of hydrogen-bond donors (Lipinski definition) is 0. The SMILES string of the molecule is C=CC1CC(=O)N(Cc2cccs2)C1. The second kappa shape index (κ2) is 3.96. The van der Waals surface area contributed by atoms with Crippen LogP contribution < -0.4 is 0 Å². The molecule has 1 unspecified atom stereocenters. The lowest BCUT2D eigenvalue weighted by Crippen LogP contribution is -2.23. The molecule has 0 aromatic carbocycles. The van der Waals surface area contributed by atoms with Gasteiger partial charge in [-0.1, -0.05) is 12.1 Å². The number of rotatable bonds is 3. The summed E-state index contributed by atoms with van der Waals surface area (Å²) < 4.78 is 0. The normalized spacial score (nSPS) is 21.6. The zero-order valence-electron chi connectivity index (χ0n) is 7.98. The average Bonchev–Trinajstić information content (AvgIpc) is 2.78. The van der Waals surface area contributed by atoms with Crippen molar-refractivity contribution in [1.82, 2.24) is 4.90 Å². The van der Waals surface area contributed by atoms with Crippen LogP contribution in [0.4, 0.5) is 0 Å². The van der Waals surface area contributed by atoms with Crippen molar-refractivity contribution in [2.45, 2.75) is 13.0 Å². The van der Waals surface area contributed by atoms with Crippen molar-refractivity contribution in [1.29, 1.82) is 0 Å². The fraction of sp³-hybridized carbons (Fsp3) is 0.364. The van der Waals surface area contributed by atoms with E-state index in [0.717, 1.165) is 13.1 Å². The number of amides is 1. The van der Waals surface area contributed by atoms with Gasteiger partial charge in [-0.25, -0.2) is 0 Å². The van der Waals surface area contributed by atoms with Crippen LogP contribution in [0.2, 0.25) is 0 Å². The predicted octanol–water partition coefficient (Wildman–Crippen LogP) is 2.28. The minimum absolute atomic E-state index is 0.253. The Morgan fingerprint density at radius 1 is 1.71 bits per heavy atom. The molecule has 1 atom stereocenters. The number of thiophene rings is 1. The summed E-state index contributed by atoms with van der Waals surface area (Å²) in [6, 6.07) is 4.09. The summed E-state index contributed by atoms with van der Waals surface area (Å²) in [5.74, 6) is 0.603. The zero-order chi connectivity index (χ0) is 9.97. The summed E-state index contributed by atoms with van der Waals surface area (Å²) in [5, 5.41) is 2.04. The van der Waals surface area contributed by atoms with Crippen molar-refractivity contribution >= 4 is 17.2 Å². The Bertz CT molecular complexity index is 331. The Balaban J connectivity index is 1.99. The van der Waals surface area contributed by atoms with Gasteiger partial charge < -0.3 is 4.90 Å². The van der Waals surface area contributed by atoms with Crippen LogP contribution >= 0.6 is 11.3 Å². The van der Waals surface area contributed by atoms with Crippen LogP contribution in [-0.4, -0.2) is 17.4 Å². The lowest BCUT2D eigenvalue weighted by atomic mass is 10.1. The van der Waals surface area contributed by atoms with E-state index in [1.807, 2.05) is 22.4 Å². The number of likely N-dealkylation sites (tertiary alicyclic amines) is 1. The number of carbonyl (C=O) groups is 1. The smallest absolute Gasteiger partial charge is 0.223 e. The minimum Gasteiger partial charge on any atom is -0.337 e. The maximum absolute atomic E-state index is 11.6. The molecule has 1 saturated heterocycles. The van der Waals surface area contributed by atoms with E-state index in [0.29, 0.717) is 12.3 Å². The van der Waals surface area contributed by atoms with Gasteiger partial charge in [0.25, 0.3) is 0 Å². The summed E-state index contributed by atoms with van der Waals surface area (Å²) in [6.45, 7) is 5.33. The second-order valence-corrected chi connectivity index (χ2v) is 4.59. The highest BCUT2D eigenvalue weighted by Gasteiger charge is 2.27. The summed E-state index contributed by atoms with van der Waals surface area (Å²) in [5.41, 5.74) is 0. The molecule has 0 N–H and O–H groups in total. The van der Waals surface area contributed by atoms with Crippen molar-refractivity contribution in [3.8, 4) is 0 Å². The van der Waals surface area contributed by atoms with Crippen LogP contribution in [0.15, 0.2) is 30.2 Å². The van der Waals surface area contributed by atoms with Crippen molar-refractivity contribution < 1.29 is 4.79 Å². The Labute approximate surface area is 87.9 Å². The highest BCUT2D eigenvalue weighted by molar-refractivity contribution is 7.09. The van der Waals surface area contributed by atoms with E-state index >= 15 is 0 Å². The highest BCUT2D eigenvalue weighted by Crippen LogP contribution is 2.22. The zero-order valence-corrected chi connectivity index (χ0v) is 8.80. The molecule has 1 fully saturated rings. The lowest BCUT2D eigenvalue weighted by molar-refractivity contribution is -0.128. The van der Waals surface area contributed by atoms with Crippen LogP contribution in [0.1, 0.15) is 11.3 Å². The first-order valence-electron chi connectivity index (χ1n) is 4.72. The maximum Gasteiger partial charge on any atom is 0.223 e. The quantitative estimate of drug-likeness (QED) is 0.696. The van der Waals surface area contributed by atoms with E-state index in [2.05, 4.69) is 12.6 Å². The lowest BCUT2D eigenvalue weighted by Gasteiger charge is -2.14. The first-order valence-corrected chi connectivity index (χ1v) is 5.60. The monoisotopic (exact) mass is 207 g/mol. The largest absolute Gasteiger partial charge is 0.337 e. The second-order valence-electron chi connectivity index (χ2n) is 3.55. The number of hydrogen-bond acceptors (Lipinski definition) is 2. The van der Waals surface area contributed by atoms with Crippen LogP contribution in [0.25, 0.3) is 0 Å². The summed E-state index contributed by atoms with van der Waals surface area (Å²) in [7, 11) is 0. The Morgan fingerprint density at radius 3 is 3.14 bits per heavy atom. The molecule has 1 aliphatic heterocycles. The molecule has 2 nitrogen and oxygen atoms in total. The molecule has 74 valence electrons. The minimum atomic E-state index is 0.253. The summed E-state index contributed by atoms with van der Waals surface area (Å²) in [6.07, 6.45) is 2.52. The predicted molar refractivity (Wildman–Crippen MR) is 58.0 cm³/mol. The molecular formula is C11H13NOS. The molecule has 0 radical (unpaired) electrons. The number of nitrogens with zero attached hydrogens (tertiary/aromatic N) is 1. The fourth-order valence-electron chi connectivity index (χ4n) is 1.70. The van der Waals surface area contributed by atoms with E-state index < -0.39 is 0 Å². The van der Waals surface area contributed by atoms with E-state index in [9.17, 15) is 4.79 Å². The van der Waals surface area contributed by atoms with Crippen molar-refractivity contribution in [2.24, 2.45) is 5.92 Å². The molecular weight excluding hydrogens is 194 g/mol. The summed E-state index contributed by atoms with van der Waals surface area (Å²) >= 11 is 1.70. The van der Waals surface area contributed by atoms with Crippen LogP contribution in [0.5, 0.6) is 0 Å². The Hall–Kier alpha value is -1.09. The topological polar surface area (TPSA) is 20.3 Å². The van der Waals surface area contributed by atoms with Gasteiger partial charge in [0, 0.05) is 23.8 Å². The Kier molecular flexibility index (Phi) is 2.68. The van der Waals surface area contributed by atoms with Crippen LogP contribution in [-0.2, 0) is 11.3 Å². The van der Waals surface area contributed by atoms with Crippen LogP contribution in [0.3, 0.4) is 0 Å². The fourth-order valence-corrected chi connectivity index (χ4v) is 2.42. The van der Waals surface area contributed by atoms with Crippen LogP contribution in [0, 0.1) is 5.92 Å². The first-order chi connectivity index (χ1) is 6.79. The van der Waals surface area contributed by atoms with Gasteiger partial charge in [0.15, 0.2) is 0 Å². The van der Waals surface area contributed by atoms with Gasteiger partial charge in [0.1, 0.15) is 0 Å². The third kappa shape index (κ3) is 1.87. The average molecular weight is 207 g/mol. The molecule has 0 saturated carbocycles. The Morgan fingerprint density at radius 2 is 2.57 bits per heavy atom. The van der Waals surface area contributed by atoms with E-state index in [1.54, 1.807) is 11.3 Å². The molecule has 2 heterocycles. The van der Waals surface area contributed by atoms with Gasteiger partial charge in [-0.2, -0.15) is 0 Å². The maximum atomic E-state index is 11.6. The number of carbonyl (C=O) groups excluding carboxylic acids is 1. The van der Waals surface area contributed by atoms with Crippen molar-refractivity contribution in [3.63, 3.8) is 0 Å². The molecule has 1 aromatic rings. The standard InChI is InChI=1S/C11H13NOS/c1-2-9-6-11(13)12(7-9)8-10-4-3-5-14-10/h2-5,9H,1,6-8H2.